The third-order valence-electron chi connectivity index (χ3n) is 4.30. The molecule has 0 bridgehead atoms. The second kappa shape index (κ2) is 5.38. The van der Waals surface area contributed by atoms with Crippen molar-refractivity contribution >= 4 is 5.91 Å². The molecule has 2 saturated heterocycles. The van der Waals surface area contributed by atoms with Crippen LogP contribution in [0.5, 0.6) is 0 Å². The average Bonchev–Trinajstić information content (AvgIpc) is 2.81. The van der Waals surface area contributed by atoms with Crippen LogP contribution in [0.15, 0.2) is 0 Å². The zero-order valence-corrected chi connectivity index (χ0v) is 11.3. The summed E-state index contributed by atoms with van der Waals surface area (Å²) < 4.78 is 0. The molecule has 0 aromatic carbocycles. The van der Waals surface area contributed by atoms with Gasteiger partial charge in [-0.15, -0.1) is 0 Å². The monoisotopic (exact) mass is 238 g/mol. The van der Waals surface area contributed by atoms with Gasteiger partial charge in [0.15, 0.2) is 0 Å². The number of piperidine rings is 1. The van der Waals surface area contributed by atoms with Crippen LogP contribution in [-0.4, -0.2) is 36.5 Å². The van der Waals surface area contributed by atoms with Crippen molar-refractivity contribution in [3.63, 3.8) is 0 Å². The van der Waals surface area contributed by atoms with E-state index in [2.05, 4.69) is 24.1 Å². The van der Waals surface area contributed by atoms with Crippen molar-refractivity contribution in [2.75, 3.05) is 19.6 Å². The molecule has 98 valence electrons. The predicted molar refractivity (Wildman–Crippen MR) is 69.9 cm³/mol. The number of carbonyl (C=O) groups excluding carboxylic acids is 1. The van der Waals surface area contributed by atoms with Gasteiger partial charge < -0.3 is 10.2 Å². The Morgan fingerprint density at radius 2 is 2.29 bits per heavy atom. The van der Waals surface area contributed by atoms with Gasteiger partial charge in [-0.25, -0.2) is 0 Å². The Morgan fingerprint density at radius 1 is 1.47 bits per heavy atom. The molecule has 2 unspecified atom stereocenters. The van der Waals surface area contributed by atoms with Crippen molar-refractivity contribution in [3.8, 4) is 0 Å². The fraction of sp³-hybridized carbons (Fsp3) is 0.929. The lowest BCUT2D eigenvalue weighted by atomic mass is 9.78. The Morgan fingerprint density at radius 3 is 2.94 bits per heavy atom. The van der Waals surface area contributed by atoms with E-state index in [-0.39, 0.29) is 6.04 Å². The van der Waals surface area contributed by atoms with E-state index < -0.39 is 0 Å². The van der Waals surface area contributed by atoms with Gasteiger partial charge in [0.1, 0.15) is 0 Å². The number of amides is 1. The number of hydrogen-bond acceptors (Lipinski definition) is 2. The SMILES string of the molecule is CCCC1(C)CCCN(C(=O)C2CCCN2)C1. The molecule has 2 aliphatic heterocycles. The molecule has 0 spiro atoms. The highest BCUT2D eigenvalue weighted by Gasteiger charge is 2.35. The van der Waals surface area contributed by atoms with Gasteiger partial charge >= 0.3 is 0 Å². The molecule has 2 rings (SSSR count). The smallest absolute Gasteiger partial charge is 0.239 e. The summed E-state index contributed by atoms with van der Waals surface area (Å²) in [6.07, 6.45) is 7.10. The fourth-order valence-electron chi connectivity index (χ4n) is 3.43. The molecule has 0 aromatic heterocycles. The minimum absolute atomic E-state index is 0.110. The van der Waals surface area contributed by atoms with Crippen LogP contribution < -0.4 is 5.32 Å². The molecule has 0 aromatic rings. The molecule has 3 heteroatoms. The zero-order valence-electron chi connectivity index (χ0n) is 11.3. The topological polar surface area (TPSA) is 32.3 Å². The zero-order chi connectivity index (χ0) is 12.3. The van der Waals surface area contributed by atoms with E-state index in [9.17, 15) is 4.79 Å². The second-order valence-corrected chi connectivity index (χ2v) is 6.07. The van der Waals surface area contributed by atoms with E-state index in [0.29, 0.717) is 11.3 Å². The van der Waals surface area contributed by atoms with Gasteiger partial charge in [0.25, 0.3) is 0 Å². The molecule has 2 atom stereocenters. The first-order valence-electron chi connectivity index (χ1n) is 7.17. The second-order valence-electron chi connectivity index (χ2n) is 6.07. The van der Waals surface area contributed by atoms with Crippen molar-refractivity contribution in [2.24, 2.45) is 5.41 Å². The summed E-state index contributed by atoms with van der Waals surface area (Å²) >= 11 is 0. The molecule has 0 radical (unpaired) electrons. The molecule has 2 aliphatic rings. The van der Waals surface area contributed by atoms with Gasteiger partial charge in [0.2, 0.25) is 5.91 Å². The molecule has 2 heterocycles. The third-order valence-corrected chi connectivity index (χ3v) is 4.30. The van der Waals surface area contributed by atoms with E-state index in [1.807, 2.05) is 0 Å². The molecule has 0 saturated carbocycles. The van der Waals surface area contributed by atoms with Gasteiger partial charge in [-0.05, 0) is 44.1 Å². The summed E-state index contributed by atoms with van der Waals surface area (Å²) in [6, 6.07) is 0.110. The van der Waals surface area contributed by atoms with Crippen LogP contribution in [0.3, 0.4) is 0 Å². The van der Waals surface area contributed by atoms with E-state index in [1.165, 1.54) is 25.7 Å². The van der Waals surface area contributed by atoms with E-state index in [1.54, 1.807) is 0 Å². The lowest BCUT2D eigenvalue weighted by molar-refractivity contribution is -0.136. The number of nitrogens with one attached hydrogen (secondary N) is 1. The minimum atomic E-state index is 0.110. The van der Waals surface area contributed by atoms with E-state index in [4.69, 9.17) is 0 Å². The highest BCUT2D eigenvalue weighted by Crippen LogP contribution is 2.34. The van der Waals surface area contributed by atoms with Gasteiger partial charge in [0, 0.05) is 13.1 Å². The quantitative estimate of drug-likeness (QED) is 0.817. The van der Waals surface area contributed by atoms with Gasteiger partial charge in [-0.1, -0.05) is 20.3 Å². The Labute approximate surface area is 105 Å². The fourth-order valence-corrected chi connectivity index (χ4v) is 3.43. The molecular weight excluding hydrogens is 212 g/mol. The standard InChI is InChI=1S/C14H26N2O/c1-3-7-14(2)8-5-10-16(11-14)13(17)12-6-4-9-15-12/h12,15H,3-11H2,1-2H3. The number of carbonyl (C=O) groups is 1. The highest BCUT2D eigenvalue weighted by molar-refractivity contribution is 5.82. The maximum atomic E-state index is 12.4. The van der Waals surface area contributed by atoms with Gasteiger partial charge in [0.05, 0.1) is 6.04 Å². The molecule has 2 fully saturated rings. The molecular formula is C14H26N2O. The summed E-state index contributed by atoms with van der Waals surface area (Å²) in [5, 5.41) is 3.32. The first-order valence-corrected chi connectivity index (χ1v) is 7.17. The maximum absolute atomic E-state index is 12.4. The summed E-state index contributed by atoms with van der Waals surface area (Å²) in [6.45, 7) is 7.53. The van der Waals surface area contributed by atoms with Crippen molar-refractivity contribution in [1.29, 1.82) is 0 Å². The van der Waals surface area contributed by atoms with Crippen molar-refractivity contribution < 1.29 is 4.79 Å². The summed E-state index contributed by atoms with van der Waals surface area (Å²) in [4.78, 5) is 14.5. The summed E-state index contributed by atoms with van der Waals surface area (Å²) in [7, 11) is 0. The van der Waals surface area contributed by atoms with Gasteiger partial charge in [-0.2, -0.15) is 0 Å². The molecule has 1 amide bonds. The number of hydrogen-bond donors (Lipinski definition) is 1. The molecule has 0 aliphatic carbocycles. The average molecular weight is 238 g/mol. The Hall–Kier alpha value is -0.570. The first-order chi connectivity index (χ1) is 8.14. The van der Waals surface area contributed by atoms with Crippen LogP contribution in [-0.2, 0) is 4.79 Å². The third kappa shape index (κ3) is 3.01. The normalized spacial score (nSPS) is 34.0. The number of nitrogens with zero attached hydrogens (tertiary/aromatic N) is 1. The van der Waals surface area contributed by atoms with Crippen LogP contribution in [0.2, 0.25) is 0 Å². The lowest BCUT2D eigenvalue weighted by Crippen LogP contribution is -2.50. The Bertz CT molecular complexity index is 269. The lowest BCUT2D eigenvalue weighted by Gasteiger charge is -2.41. The van der Waals surface area contributed by atoms with Crippen LogP contribution in [0.25, 0.3) is 0 Å². The molecule has 17 heavy (non-hydrogen) atoms. The van der Waals surface area contributed by atoms with Crippen LogP contribution in [0.4, 0.5) is 0 Å². The summed E-state index contributed by atoms with van der Waals surface area (Å²) in [5.41, 5.74) is 0.362. The largest absolute Gasteiger partial charge is 0.341 e. The van der Waals surface area contributed by atoms with Crippen LogP contribution >= 0.6 is 0 Å². The van der Waals surface area contributed by atoms with E-state index >= 15 is 0 Å². The predicted octanol–water partition coefficient (Wildman–Crippen LogP) is 2.17. The van der Waals surface area contributed by atoms with Crippen molar-refractivity contribution in [1.82, 2.24) is 10.2 Å². The van der Waals surface area contributed by atoms with Crippen molar-refractivity contribution in [3.05, 3.63) is 0 Å². The Balaban J connectivity index is 1.94. The van der Waals surface area contributed by atoms with E-state index in [0.717, 1.165) is 32.5 Å². The number of likely N-dealkylation sites (tertiary alicyclic amines) is 1. The van der Waals surface area contributed by atoms with Crippen LogP contribution in [0.1, 0.15) is 52.4 Å². The number of rotatable bonds is 3. The molecule has 1 N–H and O–H groups in total. The minimum Gasteiger partial charge on any atom is -0.341 e. The highest BCUT2D eigenvalue weighted by atomic mass is 16.2. The van der Waals surface area contributed by atoms with Crippen molar-refractivity contribution in [2.45, 2.75) is 58.4 Å². The van der Waals surface area contributed by atoms with Crippen LogP contribution in [0, 0.1) is 5.41 Å². The molecule has 3 nitrogen and oxygen atoms in total. The van der Waals surface area contributed by atoms with Gasteiger partial charge in [-0.3, -0.25) is 4.79 Å². The Kier molecular flexibility index (Phi) is 4.08. The first kappa shape index (κ1) is 12.9. The summed E-state index contributed by atoms with van der Waals surface area (Å²) in [5.74, 6) is 0.351. The maximum Gasteiger partial charge on any atom is 0.239 e.